The zero-order chi connectivity index (χ0) is 13.8. The maximum absolute atomic E-state index is 12.3. The van der Waals surface area contributed by atoms with Gasteiger partial charge in [0.15, 0.2) is 17.5 Å². The van der Waals surface area contributed by atoms with Gasteiger partial charge in [0.05, 0.1) is 10.9 Å². The Bertz CT molecular complexity index is 565. The van der Waals surface area contributed by atoms with E-state index in [0.29, 0.717) is 11.3 Å². The fraction of sp³-hybridized carbons (Fsp3) is 0.400. The SMILES string of the molecule is Cc1ccc(C(=O)C(C#N)C(=O)C2CC=CCC2)s1. The van der Waals surface area contributed by atoms with Gasteiger partial charge in [0.25, 0.3) is 0 Å². The lowest BCUT2D eigenvalue weighted by Gasteiger charge is -2.18. The molecular formula is C15H15NO2S. The molecule has 0 aromatic carbocycles. The fourth-order valence-corrected chi connectivity index (χ4v) is 3.09. The third-order valence-electron chi connectivity index (χ3n) is 3.33. The summed E-state index contributed by atoms with van der Waals surface area (Å²) in [6.07, 6.45) is 6.23. The summed E-state index contributed by atoms with van der Waals surface area (Å²) in [4.78, 5) is 26.0. The first-order chi connectivity index (χ1) is 9.13. The van der Waals surface area contributed by atoms with E-state index in [1.165, 1.54) is 11.3 Å². The van der Waals surface area contributed by atoms with Crippen molar-refractivity contribution >= 4 is 22.9 Å². The van der Waals surface area contributed by atoms with E-state index in [9.17, 15) is 9.59 Å². The van der Waals surface area contributed by atoms with Crippen LogP contribution >= 0.6 is 11.3 Å². The Labute approximate surface area is 116 Å². The second-order valence-electron chi connectivity index (χ2n) is 4.72. The average molecular weight is 273 g/mol. The van der Waals surface area contributed by atoms with Crippen LogP contribution in [0.4, 0.5) is 0 Å². The van der Waals surface area contributed by atoms with E-state index >= 15 is 0 Å². The molecule has 1 aromatic rings. The highest BCUT2D eigenvalue weighted by molar-refractivity contribution is 7.14. The van der Waals surface area contributed by atoms with Crippen LogP contribution in [0.15, 0.2) is 24.3 Å². The molecule has 0 bridgehead atoms. The quantitative estimate of drug-likeness (QED) is 0.480. The van der Waals surface area contributed by atoms with E-state index in [0.717, 1.165) is 17.7 Å². The number of thiophene rings is 1. The number of hydrogen-bond acceptors (Lipinski definition) is 4. The molecule has 1 aliphatic carbocycles. The topological polar surface area (TPSA) is 57.9 Å². The van der Waals surface area contributed by atoms with Crippen molar-refractivity contribution in [2.45, 2.75) is 26.2 Å². The van der Waals surface area contributed by atoms with Crippen LogP contribution < -0.4 is 0 Å². The molecule has 2 unspecified atom stereocenters. The van der Waals surface area contributed by atoms with Crippen molar-refractivity contribution in [3.63, 3.8) is 0 Å². The number of nitrogens with zero attached hydrogens (tertiary/aromatic N) is 1. The normalized spacial score (nSPS) is 19.7. The Morgan fingerprint density at radius 1 is 1.42 bits per heavy atom. The summed E-state index contributed by atoms with van der Waals surface area (Å²) < 4.78 is 0. The van der Waals surface area contributed by atoms with Crippen LogP contribution in [0.2, 0.25) is 0 Å². The number of Topliss-reactive ketones (excluding diaryl/α,β-unsaturated/α-hetero) is 2. The van der Waals surface area contributed by atoms with Gasteiger partial charge in [0.2, 0.25) is 0 Å². The van der Waals surface area contributed by atoms with Gasteiger partial charge in [-0.3, -0.25) is 9.59 Å². The molecule has 2 rings (SSSR count). The van der Waals surface area contributed by atoms with Gasteiger partial charge in [-0.15, -0.1) is 11.3 Å². The number of allylic oxidation sites excluding steroid dienone is 2. The first-order valence-electron chi connectivity index (χ1n) is 6.32. The van der Waals surface area contributed by atoms with E-state index in [1.807, 2.05) is 31.2 Å². The molecule has 19 heavy (non-hydrogen) atoms. The highest BCUT2D eigenvalue weighted by Gasteiger charge is 2.33. The molecule has 2 atom stereocenters. The summed E-state index contributed by atoms with van der Waals surface area (Å²) in [6.45, 7) is 1.90. The van der Waals surface area contributed by atoms with Gasteiger partial charge >= 0.3 is 0 Å². The molecule has 0 saturated heterocycles. The number of carbonyl (C=O) groups is 2. The minimum atomic E-state index is -1.14. The highest BCUT2D eigenvalue weighted by atomic mass is 32.1. The van der Waals surface area contributed by atoms with Crippen LogP contribution in [-0.4, -0.2) is 11.6 Å². The zero-order valence-corrected chi connectivity index (χ0v) is 11.6. The van der Waals surface area contributed by atoms with Crippen LogP contribution in [0.3, 0.4) is 0 Å². The van der Waals surface area contributed by atoms with Crippen molar-refractivity contribution < 1.29 is 9.59 Å². The monoisotopic (exact) mass is 273 g/mol. The van der Waals surface area contributed by atoms with E-state index in [-0.39, 0.29) is 17.5 Å². The Balaban J connectivity index is 2.16. The van der Waals surface area contributed by atoms with Gasteiger partial charge in [0, 0.05) is 10.8 Å². The molecular weight excluding hydrogens is 258 g/mol. The van der Waals surface area contributed by atoms with Crippen LogP contribution in [-0.2, 0) is 4.79 Å². The van der Waals surface area contributed by atoms with Crippen molar-refractivity contribution in [3.8, 4) is 6.07 Å². The third kappa shape index (κ3) is 2.99. The summed E-state index contributed by atoms with van der Waals surface area (Å²) in [6, 6.07) is 5.42. The van der Waals surface area contributed by atoms with Gasteiger partial charge in [-0.25, -0.2) is 0 Å². The van der Waals surface area contributed by atoms with E-state index in [4.69, 9.17) is 5.26 Å². The largest absolute Gasteiger partial charge is 0.297 e. The molecule has 1 aromatic heterocycles. The van der Waals surface area contributed by atoms with Crippen molar-refractivity contribution in [2.75, 3.05) is 0 Å². The van der Waals surface area contributed by atoms with Crippen LogP contribution in [0.1, 0.15) is 33.8 Å². The first-order valence-corrected chi connectivity index (χ1v) is 7.14. The van der Waals surface area contributed by atoms with E-state index < -0.39 is 5.92 Å². The number of ketones is 2. The van der Waals surface area contributed by atoms with Crippen molar-refractivity contribution in [3.05, 3.63) is 34.0 Å². The molecule has 0 saturated carbocycles. The van der Waals surface area contributed by atoms with Crippen LogP contribution in [0, 0.1) is 30.1 Å². The molecule has 0 spiro atoms. The van der Waals surface area contributed by atoms with Gasteiger partial charge in [-0.2, -0.15) is 5.26 Å². The minimum Gasteiger partial charge on any atom is -0.297 e. The Morgan fingerprint density at radius 2 is 2.21 bits per heavy atom. The molecule has 0 aliphatic heterocycles. The lowest BCUT2D eigenvalue weighted by atomic mass is 9.83. The highest BCUT2D eigenvalue weighted by Crippen LogP contribution is 2.26. The molecule has 3 nitrogen and oxygen atoms in total. The van der Waals surface area contributed by atoms with Gasteiger partial charge in [-0.05, 0) is 38.3 Å². The number of carbonyl (C=O) groups excluding carboxylic acids is 2. The van der Waals surface area contributed by atoms with Crippen molar-refractivity contribution in [1.29, 1.82) is 5.26 Å². The lowest BCUT2D eigenvalue weighted by Crippen LogP contribution is -2.29. The van der Waals surface area contributed by atoms with Crippen LogP contribution in [0.5, 0.6) is 0 Å². The summed E-state index contributed by atoms with van der Waals surface area (Å²) >= 11 is 1.34. The van der Waals surface area contributed by atoms with Gasteiger partial charge in [-0.1, -0.05) is 12.2 Å². The number of hydrogen-bond donors (Lipinski definition) is 0. The lowest BCUT2D eigenvalue weighted by molar-refractivity contribution is -0.124. The van der Waals surface area contributed by atoms with Crippen molar-refractivity contribution in [1.82, 2.24) is 0 Å². The second-order valence-corrected chi connectivity index (χ2v) is 6.01. The first kappa shape index (κ1) is 13.7. The van der Waals surface area contributed by atoms with E-state index in [1.54, 1.807) is 6.07 Å². The zero-order valence-electron chi connectivity index (χ0n) is 10.8. The Morgan fingerprint density at radius 3 is 2.74 bits per heavy atom. The average Bonchev–Trinajstić information content (AvgIpc) is 2.87. The number of aryl methyl sites for hydroxylation is 1. The molecule has 98 valence electrons. The smallest absolute Gasteiger partial charge is 0.197 e. The number of rotatable bonds is 4. The molecule has 0 radical (unpaired) electrons. The molecule has 0 N–H and O–H groups in total. The standard InChI is InChI=1S/C15H15NO2S/c1-10-7-8-13(19-10)15(18)12(9-16)14(17)11-5-3-2-4-6-11/h2-3,7-8,11-12H,4-6H2,1H3. The maximum atomic E-state index is 12.3. The molecule has 0 amide bonds. The summed E-state index contributed by atoms with van der Waals surface area (Å²) in [7, 11) is 0. The maximum Gasteiger partial charge on any atom is 0.197 e. The fourth-order valence-electron chi connectivity index (χ4n) is 2.25. The van der Waals surface area contributed by atoms with Crippen LogP contribution in [0.25, 0.3) is 0 Å². The Hall–Kier alpha value is -1.73. The summed E-state index contributed by atoms with van der Waals surface area (Å²) in [5.74, 6) is -1.89. The van der Waals surface area contributed by atoms with E-state index in [2.05, 4.69) is 0 Å². The number of nitriles is 1. The van der Waals surface area contributed by atoms with Gasteiger partial charge < -0.3 is 0 Å². The molecule has 1 heterocycles. The van der Waals surface area contributed by atoms with Crippen molar-refractivity contribution in [2.24, 2.45) is 11.8 Å². The second kappa shape index (κ2) is 5.94. The minimum absolute atomic E-state index is 0.181. The summed E-state index contributed by atoms with van der Waals surface area (Å²) in [5, 5.41) is 9.16. The summed E-state index contributed by atoms with van der Waals surface area (Å²) in [5.41, 5.74) is 0. The molecule has 0 fully saturated rings. The molecule has 1 aliphatic rings. The predicted molar refractivity (Wildman–Crippen MR) is 74.0 cm³/mol. The third-order valence-corrected chi connectivity index (χ3v) is 4.35. The Kier molecular flexibility index (Phi) is 4.28. The molecule has 4 heteroatoms. The van der Waals surface area contributed by atoms with Gasteiger partial charge in [0.1, 0.15) is 0 Å². The predicted octanol–water partition coefficient (Wildman–Crippen LogP) is 3.30.